The molecule has 0 fully saturated rings. The summed E-state index contributed by atoms with van der Waals surface area (Å²) in [5, 5.41) is 9.97. The lowest BCUT2D eigenvalue weighted by Crippen LogP contribution is -2.14. The minimum absolute atomic E-state index is 0.561. The molecule has 0 aromatic heterocycles. The summed E-state index contributed by atoms with van der Waals surface area (Å²) in [4.78, 5) is 0. The van der Waals surface area contributed by atoms with Gasteiger partial charge in [-0.3, -0.25) is 0 Å². The number of hydrogen-bond donors (Lipinski definition) is 2. The highest BCUT2D eigenvalue weighted by molar-refractivity contribution is 6.30. The van der Waals surface area contributed by atoms with Crippen LogP contribution in [0.25, 0.3) is 0 Å². The number of anilines is 1. The van der Waals surface area contributed by atoms with Gasteiger partial charge in [0.15, 0.2) is 0 Å². The summed E-state index contributed by atoms with van der Waals surface area (Å²) < 4.78 is 0. The third-order valence-corrected chi connectivity index (χ3v) is 1.75. The molecule has 3 heteroatoms. The molecule has 0 saturated carbocycles. The lowest BCUT2D eigenvalue weighted by atomic mass is 10.1. The predicted molar refractivity (Wildman–Crippen MR) is 59.0 cm³/mol. The van der Waals surface area contributed by atoms with Gasteiger partial charge in [-0.2, -0.15) is 0 Å². The van der Waals surface area contributed by atoms with Gasteiger partial charge in [-0.15, -0.1) is 0 Å². The summed E-state index contributed by atoms with van der Waals surface area (Å²) in [6.45, 7) is 3.22. The first-order valence-corrected chi connectivity index (χ1v) is 4.57. The highest BCUT2D eigenvalue weighted by atomic mass is 35.5. The average molecular weight is 210 g/mol. The molecule has 0 atom stereocenters. The standard InChI is InChI=1S/C11H12ClNO/c1-11(2,14)6-5-8-7-9(12)3-4-10(8)13/h3-4,7,14H,13H2,1-2H3. The Morgan fingerprint density at radius 1 is 1.43 bits per heavy atom. The van der Waals surface area contributed by atoms with Gasteiger partial charge in [-0.05, 0) is 32.0 Å². The number of rotatable bonds is 0. The molecule has 3 N–H and O–H groups in total. The molecule has 0 spiro atoms. The Labute approximate surface area is 88.7 Å². The lowest BCUT2D eigenvalue weighted by Gasteiger charge is -2.06. The van der Waals surface area contributed by atoms with Crippen molar-refractivity contribution in [1.29, 1.82) is 0 Å². The number of nitrogen functional groups attached to an aromatic ring is 1. The van der Waals surface area contributed by atoms with E-state index in [-0.39, 0.29) is 0 Å². The van der Waals surface area contributed by atoms with E-state index in [0.29, 0.717) is 16.3 Å². The van der Waals surface area contributed by atoms with Crippen molar-refractivity contribution in [3.8, 4) is 11.8 Å². The third kappa shape index (κ3) is 3.29. The molecule has 14 heavy (non-hydrogen) atoms. The molecule has 0 amide bonds. The Morgan fingerprint density at radius 2 is 2.07 bits per heavy atom. The van der Waals surface area contributed by atoms with Crippen LogP contribution in [0, 0.1) is 11.8 Å². The molecule has 1 aromatic rings. The number of nitrogens with two attached hydrogens (primary N) is 1. The van der Waals surface area contributed by atoms with Crippen molar-refractivity contribution >= 4 is 17.3 Å². The minimum atomic E-state index is -1.02. The summed E-state index contributed by atoms with van der Waals surface area (Å²) in [7, 11) is 0. The van der Waals surface area contributed by atoms with E-state index in [1.807, 2.05) is 0 Å². The Kier molecular flexibility index (Phi) is 3.05. The van der Waals surface area contributed by atoms with E-state index < -0.39 is 5.60 Å². The zero-order valence-corrected chi connectivity index (χ0v) is 8.89. The zero-order valence-electron chi connectivity index (χ0n) is 8.13. The van der Waals surface area contributed by atoms with Crippen molar-refractivity contribution in [2.45, 2.75) is 19.4 Å². The highest BCUT2D eigenvalue weighted by Crippen LogP contribution is 2.16. The number of halogens is 1. The fraction of sp³-hybridized carbons (Fsp3) is 0.273. The minimum Gasteiger partial charge on any atom is -0.398 e. The monoisotopic (exact) mass is 209 g/mol. The largest absolute Gasteiger partial charge is 0.398 e. The maximum Gasteiger partial charge on any atom is 0.120 e. The highest BCUT2D eigenvalue weighted by Gasteiger charge is 2.06. The van der Waals surface area contributed by atoms with Crippen LogP contribution in [-0.2, 0) is 0 Å². The quantitative estimate of drug-likeness (QED) is 0.508. The van der Waals surface area contributed by atoms with E-state index in [4.69, 9.17) is 17.3 Å². The Hall–Kier alpha value is -1.17. The molecule has 2 nitrogen and oxygen atoms in total. The molecule has 1 aromatic carbocycles. The van der Waals surface area contributed by atoms with Crippen LogP contribution in [0.5, 0.6) is 0 Å². The van der Waals surface area contributed by atoms with Gasteiger partial charge in [-0.1, -0.05) is 23.4 Å². The van der Waals surface area contributed by atoms with E-state index >= 15 is 0 Å². The Balaban J connectivity index is 3.06. The second kappa shape index (κ2) is 3.91. The van der Waals surface area contributed by atoms with Gasteiger partial charge in [0.2, 0.25) is 0 Å². The molecule has 0 aliphatic carbocycles. The summed E-state index contributed by atoms with van der Waals surface area (Å²) in [5.74, 6) is 5.46. The summed E-state index contributed by atoms with van der Waals surface area (Å²) >= 11 is 5.78. The molecule has 0 saturated heterocycles. The van der Waals surface area contributed by atoms with Crippen LogP contribution in [0.1, 0.15) is 19.4 Å². The first-order valence-electron chi connectivity index (χ1n) is 4.19. The van der Waals surface area contributed by atoms with Crippen molar-refractivity contribution in [2.75, 3.05) is 5.73 Å². The summed E-state index contributed by atoms with van der Waals surface area (Å²) in [5.41, 5.74) is 5.86. The molecule has 0 heterocycles. The van der Waals surface area contributed by atoms with E-state index in [1.165, 1.54) is 0 Å². The molecule has 0 radical (unpaired) electrons. The van der Waals surface area contributed by atoms with Gasteiger partial charge in [0.05, 0.1) is 0 Å². The van der Waals surface area contributed by atoms with Crippen molar-refractivity contribution in [3.63, 3.8) is 0 Å². The van der Waals surface area contributed by atoms with Crippen molar-refractivity contribution in [2.24, 2.45) is 0 Å². The molecule has 0 aliphatic rings. The van der Waals surface area contributed by atoms with Crippen LogP contribution in [0.3, 0.4) is 0 Å². The van der Waals surface area contributed by atoms with Gasteiger partial charge in [0.25, 0.3) is 0 Å². The first-order chi connectivity index (χ1) is 6.38. The van der Waals surface area contributed by atoms with Gasteiger partial charge in [0, 0.05) is 16.3 Å². The van der Waals surface area contributed by atoms with Gasteiger partial charge in [0.1, 0.15) is 5.60 Å². The normalized spacial score (nSPS) is 10.6. The van der Waals surface area contributed by atoms with Crippen LogP contribution < -0.4 is 5.73 Å². The smallest absolute Gasteiger partial charge is 0.120 e. The molecular weight excluding hydrogens is 198 g/mol. The van der Waals surface area contributed by atoms with Crippen LogP contribution in [-0.4, -0.2) is 10.7 Å². The van der Waals surface area contributed by atoms with Gasteiger partial charge < -0.3 is 10.8 Å². The second-order valence-corrected chi connectivity index (χ2v) is 3.98. The van der Waals surface area contributed by atoms with E-state index in [2.05, 4.69) is 11.8 Å². The van der Waals surface area contributed by atoms with Gasteiger partial charge >= 0.3 is 0 Å². The topological polar surface area (TPSA) is 46.2 Å². The Morgan fingerprint density at radius 3 is 2.64 bits per heavy atom. The number of aliphatic hydroxyl groups is 1. The SMILES string of the molecule is CC(C)(O)C#Cc1cc(Cl)ccc1N. The van der Waals surface area contributed by atoms with Crippen LogP contribution >= 0.6 is 11.6 Å². The van der Waals surface area contributed by atoms with E-state index in [0.717, 1.165) is 0 Å². The maximum absolute atomic E-state index is 9.39. The summed E-state index contributed by atoms with van der Waals surface area (Å²) in [6.07, 6.45) is 0. The van der Waals surface area contributed by atoms with Crippen molar-refractivity contribution in [1.82, 2.24) is 0 Å². The molecule has 74 valence electrons. The van der Waals surface area contributed by atoms with E-state index in [1.54, 1.807) is 32.0 Å². The molecule has 0 bridgehead atoms. The number of hydrogen-bond acceptors (Lipinski definition) is 2. The molecule has 0 aliphatic heterocycles. The lowest BCUT2D eigenvalue weighted by molar-refractivity contribution is 0.143. The fourth-order valence-electron chi connectivity index (χ4n) is 0.857. The first kappa shape index (κ1) is 10.9. The van der Waals surface area contributed by atoms with Crippen LogP contribution in [0.15, 0.2) is 18.2 Å². The zero-order chi connectivity index (χ0) is 10.8. The van der Waals surface area contributed by atoms with E-state index in [9.17, 15) is 5.11 Å². The molecule has 1 rings (SSSR count). The van der Waals surface area contributed by atoms with Crippen LogP contribution in [0.4, 0.5) is 5.69 Å². The maximum atomic E-state index is 9.39. The van der Waals surface area contributed by atoms with Crippen LogP contribution in [0.2, 0.25) is 5.02 Å². The second-order valence-electron chi connectivity index (χ2n) is 3.54. The summed E-state index contributed by atoms with van der Waals surface area (Å²) in [6, 6.07) is 5.07. The number of benzene rings is 1. The average Bonchev–Trinajstić information content (AvgIpc) is 2.05. The fourth-order valence-corrected chi connectivity index (χ4v) is 1.03. The molecule has 0 unspecified atom stereocenters. The van der Waals surface area contributed by atoms with Gasteiger partial charge in [-0.25, -0.2) is 0 Å². The Bertz CT molecular complexity index is 396. The predicted octanol–water partition coefficient (Wildman–Crippen LogP) is 2.04. The third-order valence-electron chi connectivity index (χ3n) is 1.52. The molecular formula is C11H12ClNO. The van der Waals surface area contributed by atoms with Crippen molar-refractivity contribution in [3.05, 3.63) is 28.8 Å². The van der Waals surface area contributed by atoms with Crippen molar-refractivity contribution < 1.29 is 5.11 Å².